The normalized spacial score (nSPS) is 14.7. The number of nitrogens with zero attached hydrogens (tertiary/aromatic N) is 2. The first-order valence-corrected chi connectivity index (χ1v) is 8.92. The van der Waals surface area contributed by atoms with Gasteiger partial charge in [-0.25, -0.2) is 4.39 Å². The minimum absolute atomic E-state index is 0.0688. The van der Waals surface area contributed by atoms with Crippen molar-refractivity contribution in [2.75, 3.05) is 19.6 Å². The number of rotatable bonds is 5. The molecule has 1 N–H and O–H groups in total. The largest absolute Gasteiger partial charge is 0.355 e. The van der Waals surface area contributed by atoms with Crippen molar-refractivity contribution in [1.82, 2.24) is 15.4 Å². The van der Waals surface area contributed by atoms with Crippen LogP contribution in [0.15, 0.2) is 34.9 Å². The van der Waals surface area contributed by atoms with Gasteiger partial charge in [-0.05, 0) is 37.1 Å². The molecule has 1 fully saturated rings. The van der Waals surface area contributed by atoms with E-state index in [0.717, 1.165) is 25.9 Å². The fourth-order valence-corrected chi connectivity index (χ4v) is 2.98. The molecule has 2 amide bonds. The molecule has 0 saturated carbocycles. The van der Waals surface area contributed by atoms with Gasteiger partial charge in [0.05, 0.1) is 0 Å². The van der Waals surface area contributed by atoms with Crippen LogP contribution < -0.4 is 5.32 Å². The quantitative estimate of drug-likeness (QED) is 0.890. The summed E-state index contributed by atoms with van der Waals surface area (Å²) in [4.78, 5) is 26.2. The maximum Gasteiger partial charge on any atom is 0.273 e. The van der Waals surface area contributed by atoms with Crippen LogP contribution in [0.4, 0.5) is 4.39 Å². The summed E-state index contributed by atoms with van der Waals surface area (Å²) in [5, 5.41) is 6.43. The van der Waals surface area contributed by atoms with E-state index < -0.39 is 5.91 Å². The van der Waals surface area contributed by atoms with Crippen molar-refractivity contribution >= 4 is 11.8 Å². The smallest absolute Gasteiger partial charge is 0.273 e. The third-order valence-electron chi connectivity index (χ3n) is 4.45. The van der Waals surface area contributed by atoms with E-state index >= 15 is 0 Å². The molecule has 0 aliphatic carbocycles. The molecule has 0 unspecified atom stereocenters. The lowest BCUT2D eigenvalue weighted by molar-refractivity contribution is -0.131. The minimum Gasteiger partial charge on any atom is -0.355 e. The third-order valence-corrected chi connectivity index (χ3v) is 4.45. The molecule has 1 aliphatic rings. The van der Waals surface area contributed by atoms with Gasteiger partial charge in [-0.2, -0.15) is 0 Å². The van der Waals surface area contributed by atoms with Gasteiger partial charge < -0.3 is 14.7 Å². The van der Waals surface area contributed by atoms with Crippen LogP contribution in [-0.4, -0.2) is 41.5 Å². The molecule has 6 nitrogen and oxygen atoms in total. The molecule has 0 spiro atoms. The van der Waals surface area contributed by atoms with Crippen LogP contribution in [0.2, 0.25) is 0 Å². The van der Waals surface area contributed by atoms with Crippen LogP contribution in [0.1, 0.15) is 42.6 Å². The molecule has 1 aromatic heterocycles. The molecule has 138 valence electrons. The number of hydrogen-bond acceptors (Lipinski definition) is 4. The van der Waals surface area contributed by atoms with Gasteiger partial charge >= 0.3 is 0 Å². The first-order chi connectivity index (χ1) is 12.6. The second-order valence-corrected chi connectivity index (χ2v) is 6.38. The number of benzene rings is 1. The average molecular weight is 359 g/mol. The number of aromatic nitrogens is 1. The topological polar surface area (TPSA) is 75.4 Å². The van der Waals surface area contributed by atoms with E-state index in [1.165, 1.54) is 31.0 Å². The number of nitrogens with one attached hydrogen (secondary N) is 1. The van der Waals surface area contributed by atoms with E-state index in [1.54, 1.807) is 12.1 Å². The zero-order valence-electron chi connectivity index (χ0n) is 14.5. The predicted octanol–water partition coefficient (Wildman–Crippen LogP) is 3.00. The van der Waals surface area contributed by atoms with E-state index in [4.69, 9.17) is 4.52 Å². The van der Waals surface area contributed by atoms with Gasteiger partial charge in [0.1, 0.15) is 5.82 Å². The highest BCUT2D eigenvalue weighted by molar-refractivity contribution is 5.93. The van der Waals surface area contributed by atoms with Crippen molar-refractivity contribution in [3.05, 3.63) is 41.8 Å². The molecular formula is C19H22FN3O3. The Bertz CT molecular complexity index is 750. The number of amides is 2. The second kappa shape index (κ2) is 8.60. The third kappa shape index (κ3) is 4.68. The van der Waals surface area contributed by atoms with Crippen LogP contribution in [0, 0.1) is 5.82 Å². The number of likely N-dealkylation sites (tertiary alicyclic amines) is 1. The molecule has 3 rings (SSSR count). The predicted molar refractivity (Wildman–Crippen MR) is 93.9 cm³/mol. The Morgan fingerprint density at radius 1 is 1.12 bits per heavy atom. The zero-order valence-corrected chi connectivity index (χ0v) is 14.5. The average Bonchev–Trinajstić information content (AvgIpc) is 2.97. The summed E-state index contributed by atoms with van der Waals surface area (Å²) in [5.41, 5.74) is 0.765. The second-order valence-electron chi connectivity index (χ2n) is 6.38. The van der Waals surface area contributed by atoms with E-state index in [-0.39, 0.29) is 30.4 Å². The summed E-state index contributed by atoms with van der Waals surface area (Å²) >= 11 is 0. The van der Waals surface area contributed by atoms with Gasteiger partial charge in [-0.1, -0.05) is 18.0 Å². The number of carbonyl (C=O) groups excluding carboxylic acids is 2. The molecule has 1 saturated heterocycles. The standard InChI is InChI=1S/C19H22FN3O3/c20-15-7-5-14(6-8-15)17-13-16(22-26-17)19(25)21-10-9-18(24)23-11-3-1-2-4-12-23/h5-8,13H,1-4,9-12H2,(H,21,25). The summed E-state index contributed by atoms with van der Waals surface area (Å²) in [6, 6.07) is 7.23. The Hall–Kier alpha value is -2.70. The number of hydrogen-bond donors (Lipinski definition) is 1. The van der Waals surface area contributed by atoms with Crippen LogP contribution >= 0.6 is 0 Å². The van der Waals surface area contributed by atoms with E-state index in [0.29, 0.717) is 11.3 Å². The molecule has 7 heteroatoms. The Balaban J connectivity index is 1.49. The minimum atomic E-state index is -0.397. The summed E-state index contributed by atoms with van der Waals surface area (Å²) in [6.45, 7) is 1.86. The van der Waals surface area contributed by atoms with Crippen molar-refractivity contribution in [3.63, 3.8) is 0 Å². The van der Waals surface area contributed by atoms with Crippen molar-refractivity contribution in [2.24, 2.45) is 0 Å². The van der Waals surface area contributed by atoms with Gasteiger partial charge in [0, 0.05) is 37.7 Å². The molecule has 2 heterocycles. The van der Waals surface area contributed by atoms with Crippen LogP contribution in [0.3, 0.4) is 0 Å². The van der Waals surface area contributed by atoms with Gasteiger partial charge in [-0.3, -0.25) is 9.59 Å². The van der Waals surface area contributed by atoms with Gasteiger partial charge in [0.15, 0.2) is 11.5 Å². The number of carbonyl (C=O) groups is 2. The van der Waals surface area contributed by atoms with Crippen LogP contribution in [-0.2, 0) is 4.79 Å². The molecule has 26 heavy (non-hydrogen) atoms. The lowest BCUT2D eigenvalue weighted by atomic mass is 10.1. The van der Waals surface area contributed by atoms with Crippen molar-refractivity contribution in [1.29, 1.82) is 0 Å². The lowest BCUT2D eigenvalue weighted by Gasteiger charge is -2.20. The summed E-state index contributed by atoms with van der Waals surface area (Å²) in [7, 11) is 0. The first-order valence-electron chi connectivity index (χ1n) is 8.92. The highest BCUT2D eigenvalue weighted by atomic mass is 19.1. The van der Waals surface area contributed by atoms with E-state index in [1.807, 2.05) is 4.90 Å². The fraction of sp³-hybridized carbons (Fsp3) is 0.421. The molecule has 1 aromatic carbocycles. The van der Waals surface area contributed by atoms with Crippen LogP contribution in [0.5, 0.6) is 0 Å². The molecule has 0 bridgehead atoms. The van der Waals surface area contributed by atoms with Crippen molar-refractivity contribution < 1.29 is 18.5 Å². The Labute approximate surface area is 151 Å². The van der Waals surface area contributed by atoms with Crippen LogP contribution in [0.25, 0.3) is 11.3 Å². The molecule has 0 radical (unpaired) electrons. The van der Waals surface area contributed by atoms with Gasteiger partial charge in [0.2, 0.25) is 5.91 Å². The summed E-state index contributed by atoms with van der Waals surface area (Å²) in [5.74, 6) is -0.291. The number of halogens is 1. The maximum absolute atomic E-state index is 13.0. The Morgan fingerprint density at radius 3 is 2.50 bits per heavy atom. The molecule has 0 atom stereocenters. The molecule has 2 aromatic rings. The van der Waals surface area contributed by atoms with Crippen molar-refractivity contribution in [3.8, 4) is 11.3 Å². The Morgan fingerprint density at radius 2 is 1.81 bits per heavy atom. The monoisotopic (exact) mass is 359 g/mol. The van der Waals surface area contributed by atoms with E-state index in [2.05, 4.69) is 10.5 Å². The maximum atomic E-state index is 13.0. The molecular weight excluding hydrogens is 337 g/mol. The Kier molecular flexibility index (Phi) is 5.99. The lowest BCUT2D eigenvalue weighted by Crippen LogP contribution is -2.35. The highest BCUT2D eigenvalue weighted by Crippen LogP contribution is 2.20. The van der Waals surface area contributed by atoms with E-state index in [9.17, 15) is 14.0 Å². The van der Waals surface area contributed by atoms with Crippen molar-refractivity contribution in [2.45, 2.75) is 32.1 Å². The SMILES string of the molecule is O=C(NCCC(=O)N1CCCCCC1)c1cc(-c2ccc(F)cc2)on1. The molecule has 1 aliphatic heterocycles. The zero-order chi connectivity index (χ0) is 18.4. The van der Waals surface area contributed by atoms with Gasteiger partial charge in [-0.15, -0.1) is 0 Å². The summed E-state index contributed by atoms with van der Waals surface area (Å²) in [6.07, 6.45) is 4.70. The summed E-state index contributed by atoms with van der Waals surface area (Å²) < 4.78 is 18.1. The van der Waals surface area contributed by atoms with Gasteiger partial charge in [0.25, 0.3) is 5.91 Å². The first kappa shape index (κ1) is 18.1. The fourth-order valence-electron chi connectivity index (χ4n) is 2.98. The highest BCUT2D eigenvalue weighted by Gasteiger charge is 2.17.